The summed E-state index contributed by atoms with van der Waals surface area (Å²) in [4.78, 5) is 8.11. The maximum absolute atomic E-state index is 13.6. The van der Waals surface area contributed by atoms with Gasteiger partial charge < -0.3 is 5.32 Å². The van der Waals surface area contributed by atoms with Crippen molar-refractivity contribution in [1.29, 1.82) is 0 Å². The predicted octanol–water partition coefficient (Wildman–Crippen LogP) is 2.84. The van der Waals surface area contributed by atoms with E-state index in [0.717, 1.165) is 5.56 Å². The smallest absolute Gasteiger partial charge is 0.255 e. The van der Waals surface area contributed by atoms with Crippen LogP contribution in [0.25, 0.3) is 5.78 Å². The Morgan fingerprint density at radius 1 is 1.35 bits per heavy atom. The highest BCUT2D eigenvalue weighted by atomic mass is 35.5. The van der Waals surface area contributed by atoms with Gasteiger partial charge in [-0.15, -0.1) is 0 Å². The van der Waals surface area contributed by atoms with Crippen LogP contribution in [0.2, 0.25) is 5.15 Å². The lowest BCUT2D eigenvalue weighted by Gasteiger charge is -2.12. The Balaban J connectivity index is 1.97. The van der Waals surface area contributed by atoms with Gasteiger partial charge in [-0.1, -0.05) is 29.8 Å². The van der Waals surface area contributed by atoms with Gasteiger partial charge in [-0.2, -0.15) is 19.6 Å². The highest BCUT2D eigenvalue weighted by Gasteiger charge is 2.12. The first-order chi connectivity index (χ1) is 9.66. The standard InChI is InChI=1S/C13H11ClFN5/c1-8-11(14)19-13-17-7-18-20(13)12(8)16-6-9-4-2-3-5-10(9)15/h2-5,7,16H,6H2,1H3. The molecule has 2 heterocycles. The fraction of sp³-hybridized carbons (Fsp3) is 0.154. The van der Waals surface area contributed by atoms with Gasteiger partial charge in [-0.3, -0.25) is 0 Å². The Morgan fingerprint density at radius 3 is 2.95 bits per heavy atom. The van der Waals surface area contributed by atoms with Crippen LogP contribution in [-0.4, -0.2) is 19.6 Å². The summed E-state index contributed by atoms with van der Waals surface area (Å²) in [6.07, 6.45) is 1.40. The quantitative estimate of drug-likeness (QED) is 0.754. The molecule has 0 unspecified atom stereocenters. The lowest BCUT2D eigenvalue weighted by molar-refractivity contribution is 0.612. The molecule has 0 aliphatic rings. The minimum absolute atomic E-state index is 0.257. The summed E-state index contributed by atoms with van der Waals surface area (Å²) in [5, 5.41) is 7.57. The second kappa shape index (κ2) is 5.05. The molecule has 0 amide bonds. The van der Waals surface area contributed by atoms with E-state index in [1.165, 1.54) is 12.4 Å². The molecule has 0 saturated carbocycles. The third-order valence-corrected chi connectivity index (χ3v) is 3.38. The van der Waals surface area contributed by atoms with E-state index in [-0.39, 0.29) is 5.82 Å². The van der Waals surface area contributed by atoms with Crippen LogP contribution in [0, 0.1) is 12.7 Å². The zero-order valence-corrected chi connectivity index (χ0v) is 11.4. The molecule has 0 aliphatic carbocycles. The van der Waals surface area contributed by atoms with Crippen molar-refractivity contribution in [2.24, 2.45) is 0 Å². The third-order valence-electron chi connectivity index (χ3n) is 3.01. The molecule has 7 heteroatoms. The molecule has 0 atom stereocenters. The normalized spacial score (nSPS) is 10.9. The topological polar surface area (TPSA) is 55.1 Å². The van der Waals surface area contributed by atoms with Crippen molar-refractivity contribution in [3.8, 4) is 0 Å². The van der Waals surface area contributed by atoms with Crippen LogP contribution in [0.4, 0.5) is 10.2 Å². The van der Waals surface area contributed by atoms with E-state index in [9.17, 15) is 4.39 Å². The van der Waals surface area contributed by atoms with Crippen molar-refractivity contribution in [2.75, 3.05) is 5.32 Å². The van der Waals surface area contributed by atoms with Gasteiger partial charge >= 0.3 is 0 Å². The first-order valence-corrected chi connectivity index (χ1v) is 6.37. The van der Waals surface area contributed by atoms with E-state index >= 15 is 0 Å². The van der Waals surface area contributed by atoms with Gasteiger partial charge in [0.25, 0.3) is 5.78 Å². The van der Waals surface area contributed by atoms with Gasteiger partial charge in [-0.05, 0) is 13.0 Å². The SMILES string of the molecule is Cc1c(Cl)nc2ncnn2c1NCc1ccccc1F. The number of halogens is 2. The third kappa shape index (κ3) is 2.18. The van der Waals surface area contributed by atoms with Crippen LogP contribution in [0.15, 0.2) is 30.6 Å². The molecule has 0 bridgehead atoms. The largest absolute Gasteiger partial charge is 0.365 e. The number of hydrogen-bond acceptors (Lipinski definition) is 4. The Labute approximate surface area is 119 Å². The van der Waals surface area contributed by atoms with Gasteiger partial charge in [0.15, 0.2) is 0 Å². The summed E-state index contributed by atoms with van der Waals surface area (Å²) in [5.74, 6) is 0.796. The maximum Gasteiger partial charge on any atom is 0.255 e. The number of anilines is 1. The fourth-order valence-corrected chi connectivity index (χ4v) is 2.09. The maximum atomic E-state index is 13.6. The number of aromatic nitrogens is 4. The number of nitrogens with zero attached hydrogens (tertiary/aromatic N) is 4. The number of hydrogen-bond donors (Lipinski definition) is 1. The first kappa shape index (κ1) is 12.8. The van der Waals surface area contributed by atoms with Crippen molar-refractivity contribution in [2.45, 2.75) is 13.5 Å². The molecule has 0 saturated heterocycles. The lowest BCUT2D eigenvalue weighted by Crippen LogP contribution is -2.09. The number of benzene rings is 1. The van der Waals surface area contributed by atoms with E-state index in [0.29, 0.717) is 28.9 Å². The molecule has 0 radical (unpaired) electrons. The highest BCUT2D eigenvalue weighted by Crippen LogP contribution is 2.22. The summed E-state index contributed by atoms with van der Waals surface area (Å²) < 4.78 is 15.2. The van der Waals surface area contributed by atoms with Gasteiger partial charge in [-0.25, -0.2) is 4.39 Å². The minimum Gasteiger partial charge on any atom is -0.365 e. The van der Waals surface area contributed by atoms with E-state index in [1.54, 1.807) is 22.7 Å². The molecule has 0 fully saturated rings. The first-order valence-electron chi connectivity index (χ1n) is 6.00. The van der Waals surface area contributed by atoms with Gasteiger partial charge in [0, 0.05) is 17.7 Å². The van der Waals surface area contributed by atoms with Crippen LogP contribution in [-0.2, 0) is 6.54 Å². The van der Waals surface area contributed by atoms with Gasteiger partial charge in [0.05, 0.1) is 0 Å². The minimum atomic E-state index is -0.257. The second-order valence-corrected chi connectivity index (χ2v) is 4.65. The summed E-state index contributed by atoms with van der Waals surface area (Å²) in [6.45, 7) is 2.14. The van der Waals surface area contributed by atoms with E-state index in [4.69, 9.17) is 11.6 Å². The second-order valence-electron chi connectivity index (χ2n) is 4.29. The van der Waals surface area contributed by atoms with Crippen LogP contribution < -0.4 is 5.32 Å². The molecule has 0 aliphatic heterocycles. The monoisotopic (exact) mass is 291 g/mol. The van der Waals surface area contributed by atoms with E-state index in [1.807, 2.05) is 6.92 Å². The Bertz CT molecular complexity index is 771. The molecule has 3 rings (SSSR count). The number of fused-ring (bicyclic) bond motifs is 1. The molecule has 1 N–H and O–H groups in total. The molecule has 3 aromatic rings. The van der Waals surface area contributed by atoms with E-state index in [2.05, 4.69) is 20.4 Å². The van der Waals surface area contributed by atoms with E-state index < -0.39 is 0 Å². The highest BCUT2D eigenvalue weighted by molar-refractivity contribution is 6.30. The molecule has 5 nitrogen and oxygen atoms in total. The average molecular weight is 292 g/mol. The zero-order chi connectivity index (χ0) is 14.1. The molecule has 20 heavy (non-hydrogen) atoms. The molecular weight excluding hydrogens is 281 g/mol. The van der Waals surface area contributed by atoms with Crippen LogP contribution in [0.3, 0.4) is 0 Å². The summed E-state index contributed by atoms with van der Waals surface area (Å²) in [7, 11) is 0. The Hall–Kier alpha value is -2.21. The number of nitrogens with one attached hydrogen (secondary N) is 1. The summed E-state index contributed by atoms with van der Waals surface area (Å²) >= 11 is 6.06. The van der Waals surface area contributed by atoms with Crippen molar-refractivity contribution in [1.82, 2.24) is 19.6 Å². The molecule has 0 spiro atoms. The predicted molar refractivity (Wildman–Crippen MR) is 74.3 cm³/mol. The van der Waals surface area contributed by atoms with Gasteiger partial charge in [0.2, 0.25) is 0 Å². The van der Waals surface area contributed by atoms with Crippen molar-refractivity contribution in [3.05, 3.63) is 52.7 Å². The Kier molecular flexibility index (Phi) is 3.23. The summed E-state index contributed by atoms with van der Waals surface area (Å²) in [6, 6.07) is 6.59. The molecular formula is C13H11ClFN5. The van der Waals surface area contributed by atoms with Crippen LogP contribution in [0.5, 0.6) is 0 Å². The molecule has 1 aromatic carbocycles. The zero-order valence-electron chi connectivity index (χ0n) is 10.6. The molecule has 2 aromatic heterocycles. The lowest BCUT2D eigenvalue weighted by atomic mass is 10.2. The Morgan fingerprint density at radius 2 is 2.15 bits per heavy atom. The van der Waals surface area contributed by atoms with Crippen molar-refractivity contribution >= 4 is 23.2 Å². The number of rotatable bonds is 3. The average Bonchev–Trinajstić information content (AvgIpc) is 2.89. The summed E-state index contributed by atoms with van der Waals surface area (Å²) in [5.41, 5.74) is 1.30. The molecule has 102 valence electrons. The van der Waals surface area contributed by atoms with Crippen molar-refractivity contribution in [3.63, 3.8) is 0 Å². The van der Waals surface area contributed by atoms with Gasteiger partial charge in [0.1, 0.15) is 23.1 Å². The van der Waals surface area contributed by atoms with Crippen LogP contribution in [0.1, 0.15) is 11.1 Å². The van der Waals surface area contributed by atoms with Crippen molar-refractivity contribution < 1.29 is 4.39 Å². The fourth-order valence-electron chi connectivity index (χ4n) is 1.93. The van der Waals surface area contributed by atoms with Crippen LogP contribution >= 0.6 is 11.6 Å².